The quantitative estimate of drug-likeness (QED) is 0.798. The van der Waals surface area contributed by atoms with Crippen LogP contribution in [0.4, 0.5) is 0 Å². The molecule has 1 aliphatic heterocycles. The molecule has 4 rings (SSSR count). The van der Waals surface area contributed by atoms with Gasteiger partial charge in [-0.25, -0.2) is 9.28 Å². The second-order valence-corrected chi connectivity index (χ2v) is 8.27. The summed E-state index contributed by atoms with van der Waals surface area (Å²) in [4.78, 5) is 26.3. The van der Waals surface area contributed by atoms with Crippen LogP contribution in [-0.4, -0.2) is 46.8 Å². The molecule has 28 heavy (non-hydrogen) atoms. The van der Waals surface area contributed by atoms with Crippen LogP contribution in [-0.2, 0) is 4.79 Å². The molecule has 1 heterocycles. The number of aliphatic hydroxyl groups excluding tert-OH is 1. The lowest BCUT2D eigenvalue weighted by Crippen LogP contribution is -2.63. The maximum atomic E-state index is 13.5. The van der Waals surface area contributed by atoms with Gasteiger partial charge in [0.15, 0.2) is 0 Å². The summed E-state index contributed by atoms with van der Waals surface area (Å²) in [6, 6.07) is 13.7. The smallest absolute Gasteiger partial charge is 0.346 e. The summed E-state index contributed by atoms with van der Waals surface area (Å²) in [5, 5.41) is 16.0. The molecule has 2 aromatic rings. The number of aliphatic hydroxyl groups is 1. The first-order valence-electron chi connectivity index (χ1n) is 10.5. The molecule has 1 unspecified atom stereocenters. The second-order valence-electron chi connectivity index (χ2n) is 8.27. The Bertz CT molecular complexity index is 867. The lowest BCUT2D eigenvalue weighted by Gasteiger charge is -2.35. The summed E-state index contributed by atoms with van der Waals surface area (Å²) in [6.45, 7) is 1.01. The van der Waals surface area contributed by atoms with E-state index in [-0.39, 0.29) is 16.4 Å². The molecule has 0 radical (unpaired) electrons. The van der Waals surface area contributed by atoms with Crippen LogP contribution in [0.2, 0.25) is 0 Å². The topological polar surface area (TPSA) is 66.4 Å². The van der Waals surface area contributed by atoms with Crippen LogP contribution in [0.5, 0.6) is 0 Å². The highest BCUT2D eigenvalue weighted by atomic mass is 16.3. The molecule has 2 amide bonds. The summed E-state index contributed by atoms with van der Waals surface area (Å²) >= 11 is 0. The third kappa shape index (κ3) is 3.56. The molecule has 1 aliphatic carbocycles. The predicted molar refractivity (Wildman–Crippen MR) is 109 cm³/mol. The van der Waals surface area contributed by atoms with E-state index in [0.717, 1.165) is 49.3 Å². The molecular formula is C23H29N2O3+. The lowest BCUT2D eigenvalue weighted by atomic mass is 9.95. The highest BCUT2D eigenvalue weighted by Crippen LogP contribution is 2.28. The van der Waals surface area contributed by atoms with Gasteiger partial charge in [-0.05, 0) is 35.7 Å². The van der Waals surface area contributed by atoms with Gasteiger partial charge in [-0.15, -0.1) is 0 Å². The molecule has 2 aromatic carbocycles. The Hall–Kier alpha value is -2.24. The van der Waals surface area contributed by atoms with E-state index in [1.54, 1.807) is 0 Å². The number of hydrogen-bond donors (Lipinski definition) is 2. The Morgan fingerprint density at radius 1 is 0.929 bits per heavy atom. The van der Waals surface area contributed by atoms with Crippen molar-refractivity contribution in [2.24, 2.45) is 0 Å². The first kappa shape index (κ1) is 19.1. The lowest BCUT2D eigenvalue weighted by molar-refractivity contribution is -0.875. The Morgan fingerprint density at radius 3 is 2.32 bits per heavy atom. The van der Waals surface area contributed by atoms with Crippen molar-refractivity contribution in [1.82, 2.24) is 5.32 Å². The standard InChI is InChI=1S/C23H28N2O3/c26-21(24-20-10-2-1-3-11-20)23(28)25(14-6-7-15-25)22(27)19-13-12-17-8-4-5-9-18(17)16-19/h4-5,8-9,12-13,16,20,23,28H,1-3,6-7,10-11,14-15H2/p+1. The van der Waals surface area contributed by atoms with Crippen LogP contribution in [0.25, 0.3) is 10.8 Å². The van der Waals surface area contributed by atoms with Gasteiger partial charge in [0, 0.05) is 18.9 Å². The molecule has 148 valence electrons. The number of rotatable bonds is 4. The van der Waals surface area contributed by atoms with Crippen LogP contribution in [0.3, 0.4) is 0 Å². The Labute approximate surface area is 165 Å². The summed E-state index contributed by atoms with van der Waals surface area (Å²) in [5.74, 6) is -0.558. The van der Waals surface area contributed by atoms with Crippen molar-refractivity contribution in [1.29, 1.82) is 0 Å². The predicted octanol–water partition coefficient (Wildman–Crippen LogP) is 3.36. The van der Waals surface area contributed by atoms with Crippen LogP contribution in [0, 0.1) is 0 Å². The molecule has 2 N–H and O–H groups in total. The van der Waals surface area contributed by atoms with E-state index in [4.69, 9.17) is 0 Å². The van der Waals surface area contributed by atoms with E-state index in [9.17, 15) is 14.7 Å². The van der Waals surface area contributed by atoms with Crippen molar-refractivity contribution >= 4 is 22.6 Å². The largest absolute Gasteiger partial charge is 0.348 e. The third-order valence-electron chi connectivity index (χ3n) is 6.42. The minimum absolute atomic E-state index is 0.120. The van der Waals surface area contributed by atoms with Crippen molar-refractivity contribution in [3.8, 4) is 0 Å². The maximum absolute atomic E-state index is 13.5. The van der Waals surface area contributed by atoms with Gasteiger partial charge in [0.05, 0.1) is 18.7 Å². The van der Waals surface area contributed by atoms with Gasteiger partial charge >= 0.3 is 11.8 Å². The van der Waals surface area contributed by atoms with Gasteiger partial charge in [-0.3, -0.25) is 4.79 Å². The van der Waals surface area contributed by atoms with Crippen molar-refractivity contribution in [2.45, 2.75) is 57.2 Å². The number of benzene rings is 2. The summed E-state index contributed by atoms with van der Waals surface area (Å²) in [7, 11) is 0. The van der Waals surface area contributed by atoms with Crippen molar-refractivity contribution in [2.75, 3.05) is 13.1 Å². The van der Waals surface area contributed by atoms with Crippen LogP contribution >= 0.6 is 0 Å². The van der Waals surface area contributed by atoms with Crippen LogP contribution in [0.15, 0.2) is 42.5 Å². The minimum Gasteiger partial charge on any atom is -0.346 e. The number of carbonyl (C=O) groups is 2. The van der Waals surface area contributed by atoms with E-state index < -0.39 is 12.1 Å². The average molecular weight is 381 g/mol. The number of quaternary nitrogens is 1. The zero-order valence-corrected chi connectivity index (χ0v) is 16.3. The molecule has 0 bridgehead atoms. The van der Waals surface area contributed by atoms with E-state index in [1.807, 2.05) is 42.5 Å². The molecule has 5 nitrogen and oxygen atoms in total. The Kier molecular flexibility index (Phi) is 5.47. The zero-order valence-electron chi connectivity index (χ0n) is 16.3. The second kappa shape index (κ2) is 8.02. The molecule has 1 saturated carbocycles. The number of carbonyl (C=O) groups excluding carboxylic acids is 2. The normalized spacial score (nSPS) is 20.8. The Balaban J connectivity index is 1.58. The highest BCUT2D eigenvalue weighted by Gasteiger charge is 2.50. The van der Waals surface area contributed by atoms with E-state index in [1.165, 1.54) is 6.42 Å². The molecule has 2 aliphatic rings. The van der Waals surface area contributed by atoms with E-state index >= 15 is 0 Å². The molecule has 5 heteroatoms. The number of nitrogens with one attached hydrogen (secondary N) is 1. The number of likely N-dealkylation sites (tertiary alicyclic amines) is 1. The molecule has 1 atom stereocenters. The third-order valence-corrected chi connectivity index (χ3v) is 6.42. The van der Waals surface area contributed by atoms with E-state index in [2.05, 4.69) is 5.32 Å². The fourth-order valence-corrected chi connectivity index (χ4v) is 4.78. The van der Waals surface area contributed by atoms with Gasteiger partial charge < -0.3 is 10.4 Å². The van der Waals surface area contributed by atoms with Gasteiger partial charge in [0.2, 0.25) is 0 Å². The zero-order chi connectivity index (χ0) is 19.6. The van der Waals surface area contributed by atoms with Gasteiger partial charge in [-0.1, -0.05) is 49.6 Å². The minimum atomic E-state index is -1.34. The van der Waals surface area contributed by atoms with Gasteiger partial charge in [0.25, 0.3) is 6.23 Å². The summed E-state index contributed by atoms with van der Waals surface area (Å²) < 4.78 is -0.184. The van der Waals surface area contributed by atoms with E-state index in [0.29, 0.717) is 18.7 Å². The molecule has 0 aromatic heterocycles. The number of amides is 2. The number of hydrogen-bond acceptors (Lipinski definition) is 3. The fourth-order valence-electron chi connectivity index (χ4n) is 4.78. The average Bonchev–Trinajstić information content (AvgIpc) is 3.24. The molecule has 1 saturated heterocycles. The van der Waals surface area contributed by atoms with Crippen molar-refractivity contribution in [3.63, 3.8) is 0 Å². The molecule has 2 fully saturated rings. The summed E-state index contributed by atoms with van der Waals surface area (Å²) in [6.07, 6.45) is 5.67. The van der Waals surface area contributed by atoms with Crippen LogP contribution < -0.4 is 5.32 Å². The first-order valence-corrected chi connectivity index (χ1v) is 10.5. The number of fused-ring (bicyclic) bond motifs is 1. The SMILES string of the molecule is O=C(NC1CCCCC1)C(O)[N+]1(C(=O)c2ccc3ccccc3c2)CCCC1. The van der Waals surface area contributed by atoms with Gasteiger partial charge in [0.1, 0.15) is 0 Å². The molecular weight excluding hydrogens is 352 g/mol. The fraction of sp³-hybridized carbons (Fsp3) is 0.478. The Morgan fingerprint density at radius 2 is 1.61 bits per heavy atom. The van der Waals surface area contributed by atoms with Gasteiger partial charge in [-0.2, -0.15) is 0 Å². The number of nitrogens with zero attached hydrogens (tertiary/aromatic N) is 1. The highest BCUT2D eigenvalue weighted by molar-refractivity contribution is 5.96. The summed E-state index contributed by atoms with van der Waals surface area (Å²) in [5.41, 5.74) is 0.560. The monoisotopic (exact) mass is 381 g/mol. The molecule has 0 spiro atoms. The van der Waals surface area contributed by atoms with Crippen molar-refractivity contribution < 1.29 is 19.2 Å². The maximum Gasteiger partial charge on any atom is 0.348 e. The van der Waals surface area contributed by atoms with Crippen LogP contribution in [0.1, 0.15) is 55.3 Å². The first-order chi connectivity index (χ1) is 13.6. The van der Waals surface area contributed by atoms with Crippen molar-refractivity contribution in [3.05, 3.63) is 48.0 Å².